The number of carbonyl (C=O) groups is 1. The number of hydrogen-bond acceptors (Lipinski definition) is 4. The van der Waals surface area contributed by atoms with E-state index in [0.29, 0.717) is 11.9 Å². The van der Waals surface area contributed by atoms with Crippen LogP contribution in [-0.4, -0.2) is 72.0 Å². The molecule has 134 valence electrons. The number of nitrogens with zero attached hydrogens (tertiary/aromatic N) is 3. The maximum Gasteiger partial charge on any atom is 0.239 e. The van der Waals surface area contributed by atoms with Gasteiger partial charge >= 0.3 is 0 Å². The van der Waals surface area contributed by atoms with Crippen molar-refractivity contribution in [2.24, 2.45) is 0 Å². The van der Waals surface area contributed by atoms with Gasteiger partial charge in [0.25, 0.3) is 0 Å². The van der Waals surface area contributed by atoms with Crippen LogP contribution in [0.5, 0.6) is 0 Å². The smallest absolute Gasteiger partial charge is 0.239 e. The summed E-state index contributed by atoms with van der Waals surface area (Å²) in [5.74, 6) is 0.342. The molecular formula is C19H31N3OS. The van der Waals surface area contributed by atoms with Gasteiger partial charge in [0.15, 0.2) is 0 Å². The summed E-state index contributed by atoms with van der Waals surface area (Å²) in [7, 11) is 0. The van der Waals surface area contributed by atoms with Gasteiger partial charge in [0, 0.05) is 45.3 Å². The normalized spacial score (nSPS) is 23.2. The number of thiophene rings is 1. The first-order chi connectivity index (χ1) is 11.6. The zero-order valence-electron chi connectivity index (χ0n) is 15.1. The molecule has 0 bridgehead atoms. The average molecular weight is 350 g/mol. The Hall–Kier alpha value is -0.910. The quantitative estimate of drug-likeness (QED) is 0.818. The lowest BCUT2D eigenvalue weighted by molar-refractivity contribution is -0.138. The largest absolute Gasteiger partial charge is 0.341 e. The highest BCUT2D eigenvalue weighted by molar-refractivity contribution is 7.07. The number of carbonyl (C=O) groups excluding carboxylic acids is 1. The Kier molecular flexibility index (Phi) is 6.31. The van der Waals surface area contributed by atoms with Gasteiger partial charge in [-0.1, -0.05) is 0 Å². The number of amides is 1. The van der Waals surface area contributed by atoms with E-state index >= 15 is 0 Å². The Balaban J connectivity index is 1.46. The van der Waals surface area contributed by atoms with Gasteiger partial charge in [0.05, 0.1) is 6.04 Å². The molecule has 0 unspecified atom stereocenters. The molecule has 0 aromatic carbocycles. The molecule has 24 heavy (non-hydrogen) atoms. The van der Waals surface area contributed by atoms with Crippen molar-refractivity contribution in [3.05, 3.63) is 22.4 Å². The van der Waals surface area contributed by atoms with E-state index < -0.39 is 0 Å². The molecule has 2 saturated heterocycles. The highest BCUT2D eigenvalue weighted by Crippen LogP contribution is 2.17. The highest BCUT2D eigenvalue weighted by Gasteiger charge is 2.30. The van der Waals surface area contributed by atoms with E-state index in [-0.39, 0.29) is 6.04 Å². The molecule has 0 saturated carbocycles. The second kappa shape index (κ2) is 8.45. The van der Waals surface area contributed by atoms with E-state index in [1.807, 2.05) is 0 Å². The van der Waals surface area contributed by atoms with Crippen molar-refractivity contribution in [2.45, 2.75) is 51.6 Å². The fraction of sp³-hybridized carbons (Fsp3) is 0.737. The van der Waals surface area contributed by atoms with Gasteiger partial charge in [-0.05, 0) is 61.9 Å². The number of rotatable bonds is 5. The van der Waals surface area contributed by atoms with E-state index in [1.165, 1.54) is 24.8 Å². The predicted molar refractivity (Wildman–Crippen MR) is 101 cm³/mol. The molecule has 1 amide bonds. The molecule has 1 aromatic heterocycles. The van der Waals surface area contributed by atoms with E-state index in [1.54, 1.807) is 11.3 Å². The summed E-state index contributed by atoms with van der Waals surface area (Å²) in [5, 5.41) is 4.42. The first kappa shape index (κ1) is 17.9. The molecule has 1 aromatic rings. The van der Waals surface area contributed by atoms with Crippen molar-refractivity contribution in [1.82, 2.24) is 14.7 Å². The number of hydrogen-bond donors (Lipinski definition) is 0. The van der Waals surface area contributed by atoms with Crippen molar-refractivity contribution >= 4 is 17.2 Å². The third kappa shape index (κ3) is 4.38. The van der Waals surface area contributed by atoms with Crippen LogP contribution in [0.3, 0.4) is 0 Å². The van der Waals surface area contributed by atoms with E-state index in [0.717, 1.165) is 45.7 Å². The minimum absolute atomic E-state index is 0.0393. The van der Waals surface area contributed by atoms with E-state index in [9.17, 15) is 4.79 Å². The molecule has 4 nitrogen and oxygen atoms in total. The molecule has 2 atom stereocenters. The monoisotopic (exact) mass is 349 g/mol. The Labute approximate surface area is 150 Å². The summed E-state index contributed by atoms with van der Waals surface area (Å²) < 4.78 is 0. The van der Waals surface area contributed by atoms with Crippen LogP contribution >= 0.6 is 11.3 Å². The molecule has 2 aliphatic rings. The topological polar surface area (TPSA) is 26.8 Å². The maximum atomic E-state index is 12.7. The lowest BCUT2D eigenvalue weighted by atomic mass is 10.1. The van der Waals surface area contributed by atoms with Crippen molar-refractivity contribution in [2.75, 3.05) is 39.3 Å². The van der Waals surface area contributed by atoms with E-state index in [4.69, 9.17) is 0 Å². The molecule has 2 aliphatic heterocycles. The summed E-state index contributed by atoms with van der Waals surface area (Å²) in [6.45, 7) is 10.5. The number of likely N-dealkylation sites (tertiary alicyclic amines) is 1. The Morgan fingerprint density at radius 1 is 1.04 bits per heavy atom. The molecule has 3 heterocycles. The van der Waals surface area contributed by atoms with Crippen LogP contribution in [0.15, 0.2) is 16.8 Å². The van der Waals surface area contributed by atoms with Crippen molar-refractivity contribution in [1.29, 1.82) is 0 Å². The van der Waals surface area contributed by atoms with Gasteiger partial charge in [-0.2, -0.15) is 11.3 Å². The molecule has 0 N–H and O–H groups in total. The zero-order valence-corrected chi connectivity index (χ0v) is 15.9. The van der Waals surface area contributed by atoms with Gasteiger partial charge in [-0.15, -0.1) is 0 Å². The maximum absolute atomic E-state index is 12.7. The standard InChI is InChI=1S/C19H31N3OS/c1-16(14-18-6-13-24-15-18)20-9-11-21(12-10-20)17(2)19(23)22-7-4-3-5-8-22/h6,13,15-17H,3-5,7-12,14H2,1-2H3/t16-,17-/m0/s1. The zero-order chi connectivity index (χ0) is 16.9. The minimum atomic E-state index is 0.0393. The van der Waals surface area contributed by atoms with Gasteiger partial charge < -0.3 is 4.90 Å². The lowest BCUT2D eigenvalue weighted by Gasteiger charge is -2.41. The SMILES string of the molecule is C[C@@H](Cc1ccsc1)N1CCN([C@@H](C)C(=O)N2CCCCC2)CC1. The third-order valence-corrected chi connectivity index (χ3v) is 6.39. The van der Waals surface area contributed by atoms with E-state index in [2.05, 4.69) is 45.4 Å². The molecule has 0 spiro atoms. The fourth-order valence-corrected chi connectivity index (χ4v) is 4.66. The van der Waals surface area contributed by atoms with Crippen molar-refractivity contribution in [3.63, 3.8) is 0 Å². The molecule has 2 fully saturated rings. The fourth-order valence-electron chi connectivity index (χ4n) is 3.98. The van der Waals surface area contributed by atoms with Crippen molar-refractivity contribution in [3.8, 4) is 0 Å². The second-order valence-electron chi connectivity index (χ2n) is 7.32. The molecule has 0 radical (unpaired) electrons. The Morgan fingerprint density at radius 3 is 2.33 bits per heavy atom. The predicted octanol–water partition coefficient (Wildman–Crippen LogP) is 2.70. The van der Waals surface area contributed by atoms with Gasteiger partial charge in [-0.3, -0.25) is 14.6 Å². The van der Waals surface area contributed by atoms with Crippen LogP contribution in [0.4, 0.5) is 0 Å². The van der Waals surface area contributed by atoms with Crippen LogP contribution < -0.4 is 0 Å². The first-order valence-electron chi connectivity index (χ1n) is 9.43. The van der Waals surface area contributed by atoms with Crippen LogP contribution in [0.25, 0.3) is 0 Å². The van der Waals surface area contributed by atoms with Crippen LogP contribution in [0.2, 0.25) is 0 Å². The Bertz CT molecular complexity index is 505. The average Bonchev–Trinajstić information content (AvgIpc) is 3.14. The summed E-state index contributed by atoms with van der Waals surface area (Å²) in [5.41, 5.74) is 1.45. The second-order valence-corrected chi connectivity index (χ2v) is 8.10. The molecule has 0 aliphatic carbocycles. The van der Waals surface area contributed by atoms with Crippen LogP contribution in [-0.2, 0) is 11.2 Å². The summed E-state index contributed by atoms with van der Waals surface area (Å²) in [4.78, 5) is 19.7. The Morgan fingerprint density at radius 2 is 1.71 bits per heavy atom. The molecule has 5 heteroatoms. The highest BCUT2D eigenvalue weighted by atomic mass is 32.1. The van der Waals surface area contributed by atoms with Gasteiger partial charge in [0.1, 0.15) is 0 Å². The van der Waals surface area contributed by atoms with Gasteiger partial charge in [0.2, 0.25) is 5.91 Å². The molecule has 3 rings (SSSR count). The van der Waals surface area contributed by atoms with Crippen LogP contribution in [0.1, 0.15) is 38.7 Å². The van der Waals surface area contributed by atoms with Crippen molar-refractivity contribution < 1.29 is 4.79 Å². The summed E-state index contributed by atoms with van der Waals surface area (Å²) >= 11 is 1.78. The summed E-state index contributed by atoms with van der Waals surface area (Å²) in [6, 6.07) is 2.85. The van der Waals surface area contributed by atoms with Crippen LogP contribution in [0, 0.1) is 0 Å². The minimum Gasteiger partial charge on any atom is -0.341 e. The molecular weight excluding hydrogens is 318 g/mol. The number of piperidine rings is 1. The van der Waals surface area contributed by atoms with Gasteiger partial charge in [-0.25, -0.2) is 0 Å². The summed E-state index contributed by atoms with van der Waals surface area (Å²) in [6.07, 6.45) is 4.75. The third-order valence-electron chi connectivity index (χ3n) is 5.66. The first-order valence-corrected chi connectivity index (χ1v) is 10.4. The number of piperazine rings is 1. The lowest BCUT2D eigenvalue weighted by Crippen LogP contribution is -2.56.